The van der Waals surface area contributed by atoms with Crippen LogP contribution in [0.4, 0.5) is 24.5 Å². The zero-order valence-corrected chi connectivity index (χ0v) is 16.5. The fourth-order valence-electron chi connectivity index (χ4n) is 2.70. The topological polar surface area (TPSA) is 66.5 Å². The molecule has 9 heteroatoms. The van der Waals surface area contributed by atoms with E-state index in [2.05, 4.69) is 5.32 Å². The van der Waals surface area contributed by atoms with E-state index >= 15 is 0 Å². The number of halogens is 3. The minimum atomic E-state index is -4.54. The molecule has 152 valence electrons. The Morgan fingerprint density at radius 1 is 1.04 bits per heavy atom. The molecule has 0 aliphatic heterocycles. The van der Waals surface area contributed by atoms with Gasteiger partial charge in [0.25, 0.3) is 5.91 Å². The molecule has 1 amide bonds. The average Bonchev–Trinajstić information content (AvgIpc) is 2.62. The maximum atomic E-state index is 13.1. The minimum Gasteiger partial charge on any atom is -0.370 e. The summed E-state index contributed by atoms with van der Waals surface area (Å²) in [7, 11) is -3.41. The van der Waals surface area contributed by atoms with E-state index in [1.54, 1.807) is 0 Å². The zero-order chi connectivity index (χ0) is 21.1. The summed E-state index contributed by atoms with van der Waals surface area (Å²) in [6.45, 7) is 4.81. The fraction of sp³-hybridized carbons (Fsp3) is 0.316. The van der Waals surface area contributed by atoms with Gasteiger partial charge in [-0.15, -0.1) is 0 Å². The second-order valence-corrected chi connectivity index (χ2v) is 8.17. The Kier molecular flexibility index (Phi) is 6.38. The number of benzene rings is 2. The summed E-state index contributed by atoms with van der Waals surface area (Å²) in [6.07, 6.45) is -3.50. The van der Waals surface area contributed by atoms with Gasteiger partial charge in [0.15, 0.2) is 9.84 Å². The van der Waals surface area contributed by atoms with Crippen LogP contribution in [-0.4, -0.2) is 33.7 Å². The van der Waals surface area contributed by atoms with Crippen LogP contribution in [0.2, 0.25) is 0 Å². The first-order valence-electron chi connectivity index (χ1n) is 8.55. The Hall–Kier alpha value is -2.55. The zero-order valence-electron chi connectivity index (χ0n) is 15.7. The second-order valence-electron chi connectivity index (χ2n) is 6.15. The maximum absolute atomic E-state index is 13.1. The summed E-state index contributed by atoms with van der Waals surface area (Å²) in [4.78, 5) is 14.4. The van der Waals surface area contributed by atoms with Gasteiger partial charge >= 0.3 is 6.18 Å². The van der Waals surface area contributed by atoms with Crippen LogP contribution in [0.5, 0.6) is 0 Å². The van der Waals surface area contributed by atoms with Gasteiger partial charge in [0.05, 0.1) is 21.8 Å². The van der Waals surface area contributed by atoms with E-state index in [1.807, 2.05) is 18.7 Å². The number of hydrogen-bond acceptors (Lipinski definition) is 4. The highest BCUT2D eigenvalue weighted by molar-refractivity contribution is 7.90. The molecule has 0 spiro atoms. The highest BCUT2D eigenvalue weighted by atomic mass is 32.2. The van der Waals surface area contributed by atoms with Gasteiger partial charge in [-0.1, -0.05) is 0 Å². The summed E-state index contributed by atoms with van der Waals surface area (Å²) in [5.74, 6) is -0.632. The Morgan fingerprint density at radius 2 is 1.61 bits per heavy atom. The lowest BCUT2D eigenvalue weighted by molar-refractivity contribution is -0.137. The summed E-state index contributed by atoms with van der Waals surface area (Å²) in [5.41, 5.74) is -0.226. The third-order valence-corrected chi connectivity index (χ3v) is 5.35. The maximum Gasteiger partial charge on any atom is 0.416 e. The summed E-state index contributed by atoms with van der Waals surface area (Å²) < 4.78 is 62.3. The minimum absolute atomic E-state index is 0.0377. The van der Waals surface area contributed by atoms with Gasteiger partial charge in [0, 0.05) is 24.9 Å². The SMILES string of the molecule is CCN(CC)c1ccc(C(F)(F)F)cc1NC(=O)c1ccc(S(C)(=O)=O)cc1. The van der Waals surface area contributed by atoms with Crippen molar-refractivity contribution in [2.24, 2.45) is 0 Å². The molecule has 0 aromatic heterocycles. The first-order valence-corrected chi connectivity index (χ1v) is 10.4. The lowest BCUT2D eigenvalue weighted by Crippen LogP contribution is -2.24. The number of anilines is 2. The summed E-state index contributed by atoms with van der Waals surface area (Å²) in [6, 6.07) is 8.40. The summed E-state index contributed by atoms with van der Waals surface area (Å²) in [5, 5.41) is 2.52. The molecule has 0 atom stereocenters. The van der Waals surface area contributed by atoms with Crippen molar-refractivity contribution in [1.29, 1.82) is 0 Å². The van der Waals surface area contributed by atoms with E-state index in [0.29, 0.717) is 18.8 Å². The van der Waals surface area contributed by atoms with Crippen LogP contribution < -0.4 is 10.2 Å². The number of hydrogen-bond donors (Lipinski definition) is 1. The Balaban J connectivity index is 2.40. The van der Waals surface area contributed by atoms with Crippen molar-refractivity contribution in [1.82, 2.24) is 0 Å². The van der Waals surface area contributed by atoms with E-state index < -0.39 is 27.5 Å². The number of sulfone groups is 1. The normalized spacial score (nSPS) is 11.9. The van der Waals surface area contributed by atoms with E-state index in [9.17, 15) is 26.4 Å². The molecule has 0 bridgehead atoms. The molecule has 0 saturated carbocycles. The van der Waals surface area contributed by atoms with Gasteiger partial charge in [-0.3, -0.25) is 4.79 Å². The molecule has 0 saturated heterocycles. The molecule has 2 aromatic rings. The molecule has 28 heavy (non-hydrogen) atoms. The Labute approximate surface area is 162 Å². The van der Waals surface area contributed by atoms with Gasteiger partial charge in [-0.2, -0.15) is 13.2 Å². The van der Waals surface area contributed by atoms with Crippen molar-refractivity contribution in [3.05, 3.63) is 53.6 Å². The van der Waals surface area contributed by atoms with E-state index in [1.165, 1.54) is 30.3 Å². The Morgan fingerprint density at radius 3 is 2.07 bits per heavy atom. The number of alkyl halides is 3. The average molecular weight is 414 g/mol. The van der Waals surface area contributed by atoms with Gasteiger partial charge in [-0.05, 0) is 56.3 Å². The predicted molar refractivity (Wildman–Crippen MR) is 103 cm³/mol. The monoisotopic (exact) mass is 414 g/mol. The van der Waals surface area contributed by atoms with Crippen molar-refractivity contribution < 1.29 is 26.4 Å². The molecule has 0 heterocycles. The number of nitrogens with one attached hydrogen (secondary N) is 1. The molecule has 2 rings (SSSR count). The van der Waals surface area contributed by atoms with Crippen molar-refractivity contribution in [2.75, 3.05) is 29.6 Å². The number of carbonyl (C=O) groups is 1. The molecule has 0 fully saturated rings. The van der Waals surface area contributed by atoms with Crippen LogP contribution >= 0.6 is 0 Å². The van der Waals surface area contributed by atoms with Crippen LogP contribution in [-0.2, 0) is 16.0 Å². The highest BCUT2D eigenvalue weighted by Gasteiger charge is 2.31. The molecule has 0 unspecified atom stereocenters. The van der Waals surface area contributed by atoms with Gasteiger partial charge < -0.3 is 10.2 Å². The number of rotatable bonds is 6. The smallest absolute Gasteiger partial charge is 0.370 e. The molecular formula is C19H21F3N2O3S. The molecule has 5 nitrogen and oxygen atoms in total. The molecule has 0 radical (unpaired) electrons. The van der Waals surface area contributed by atoms with Crippen LogP contribution in [0.25, 0.3) is 0 Å². The van der Waals surface area contributed by atoms with Crippen LogP contribution in [0, 0.1) is 0 Å². The van der Waals surface area contributed by atoms with Gasteiger partial charge in [0.2, 0.25) is 0 Å². The van der Waals surface area contributed by atoms with Crippen LogP contribution in [0.3, 0.4) is 0 Å². The van der Waals surface area contributed by atoms with Crippen molar-refractivity contribution in [3.8, 4) is 0 Å². The van der Waals surface area contributed by atoms with Crippen molar-refractivity contribution >= 4 is 27.1 Å². The number of amides is 1. The lowest BCUT2D eigenvalue weighted by Gasteiger charge is -2.25. The quantitative estimate of drug-likeness (QED) is 0.769. The molecule has 0 aliphatic rings. The summed E-state index contributed by atoms with van der Waals surface area (Å²) >= 11 is 0. The van der Waals surface area contributed by atoms with E-state index in [-0.39, 0.29) is 16.1 Å². The molecule has 0 aliphatic carbocycles. The van der Waals surface area contributed by atoms with E-state index in [4.69, 9.17) is 0 Å². The fourth-order valence-corrected chi connectivity index (χ4v) is 3.33. The highest BCUT2D eigenvalue weighted by Crippen LogP contribution is 2.35. The van der Waals surface area contributed by atoms with E-state index in [0.717, 1.165) is 18.4 Å². The molecular weight excluding hydrogens is 393 g/mol. The Bertz CT molecular complexity index is 951. The third-order valence-electron chi connectivity index (χ3n) is 4.22. The lowest BCUT2D eigenvalue weighted by atomic mass is 10.1. The van der Waals surface area contributed by atoms with Crippen molar-refractivity contribution in [2.45, 2.75) is 24.9 Å². The van der Waals surface area contributed by atoms with Crippen molar-refractivity contribution in [3.63, 3.8) is 0 Å². The third kappa shape index (κ3) is 5.03. The van der Waals surface area contributed by atoms with Gasteiger partial charge in [-0.25, -0.2) is 8.42 Å². The first kappa shape index (κ1) is 21.7. The second kappa shape index (κ2) is 8.22. The number of carbonyl (C=O) groups excluding carboxylic acids is 1. The largest absolute Gasteiger partial charge is 0.416 e. The standard InChI is InChI=1S/C19H21F3N2O3S/c1-4-24(5-2)17-11-8-14(19(20,21)22)12-16(17)23-18(25)13-6-9-15(10-7-13)28(3,26)27/h6-12H,4-5H2,1-3H3,(H,23,25). The molecule has 2 aromatic carbocycles. The molecule has 1 N–H and O–H groups in total. The van der Waals surface area contributed by atoms with Crippen LogP contribution in [0.1, 0.15) is 29.8 Å². The first-order chi connectivity index (χ1) is 13.0. The van der Waals surface area contributed by atoms with Crippen LogP contribution in [0.15, 0.2) is 47.4 Å². The van der Waals surface area contributed by atoms with Gasteiger partial charge in [0.1, 0.15) is 0 Å². The number of nitrogens with zero attached hydrogens (tertiary/aromatic N) is 1. The predicted octanol–water partition coefficient (Wildman–Crippen LogP) is 4.21.